The van der Waals surface area contributed by atoms with Gasteiger partial charge < -0.3 is 15.7 Å². The maximum Gasteiger partial charge on any atom is 0.330 e. The van der Waals surface area contributed by atoms with Gasteiger partial charge in [0.15, 0.2) is 6.04 Å². The molecule has 17 heavy (non-hydrogen) atoms. The van der Waals surface area contributed by atoms with Crippen molar-refractivity contribution in [1.82, 2.24) is 10.6 Å². The largest absolute Gasteiger partial charge is 0.479 e. The summed E-state index contributed by atoms with van der Waals surface area (Å²) in [7, 11) is 0. The molecule has 5 heteroatoms. The van der Waals surface area contributed by atoms with E-state index < -0.39 is 18.0 Å². The zero-order chi connectivity index (χ0) is 12.7. The first kappa shape index (κ1) is 13.0. The summed E-state index contributed by atoms with van der Waals surface area (Å²) in [5, 5.41) is 14.1. The Morgan fingerprint density at radius 3 is 2.47 bits per heavy atom. The van der Waals surface area contributed by atoms with Crippen LogP contribution in [0, 0.1) is 0 Å². The van der Waals surface area contributed by atoms with Crippen molar-refractivity contribution in [3.05, 3.63) is 35.9 Å². The summed E-state index contributed by atoms with van der Waals surface area (Å²) >= 11 is 0. The van der Waals surface area contributed by atoms with Gasteiger partial charge in [-0.3, -0.25) is 0 Å². The minimum absolute atomic E-state index is 0.469. The fourth-order valence-corrected chi connectivity index (χ4v) is 1.35. The molecule has 1 atom stereocenters. The number of carboxylic acid groups (broad SMARTS) is 1. The van der Waals surface area contributed by atoms with E-state index >= 15 is 0 Å². The predicted octanol–water partition coefficient (Wildman–Crippen LogP) is 1.52. The summed E-state index contributed by atoms with van der Waals surface area (Å²) in [4.78, 5) is 22.5. The molecule has 0 saturated carbocycles. The molecule has 0 aliphatic carbocycles. The average Bonchev–Trinajstić information content (AvgIpc) is 2.34. The number of aliphatic carboxylic acids is 1. The van der Waals surface area contributed by atoms with Crippen LogP contribution in [-0.2, 0) is 4.79 Å². The van der Waals surface area contributed by atoms with E-state index in [1.54, 1.807) is 30.3 Å². The zero-order valence-electron chi connectivity index (χ0n) is 9.64. The van der Waals surface area contributed by atoms with Crippen LogP contribution in [0.15, 0.2) is 30.3 Å². The van der Waals surface area contributed by atoms with E-state index in [2.05, 4.69) is 10.6 Å². The third-order valence-corrected chi connectivity index (χ3v) is 2.19. The van der Waals surface area contributed by atoms with Gasteiger partial charge in [-0.2, -0.15) is 0 Å². The van der Waals surface area contributed by atoms with Gasteiger partial charge in [-0.25, -0.2) is 9.59 Å². The highest BCUT2D eigenvalue weighted by atomic mass is 16.4. The van der Waals surface area contributed by atoms with Crippen LogP contribution in [0.1, 0.15) is 24.9 Å². The Bertz CT molecular complexity index is 379. The molecular weight excluding hydrogens is 220 g/mol. The maximum absolute atomic E-state index is 11.4. The van der Waals surface area contributed by atoms with E-state index in [9.17, 15) is 9.59 Å². The SMILES string of the molecule is CCCNC(=O)N[C@@H](C(=O)O)c1ccccc1. The van der Waals surface area contributed by atoms with Gasteiger partial charge in [0.2, 0.25) is 0 Å². The first-order valence-electron chi connectivity index (χ1n) is 5.47. The van der Waals surface area contributed by atoms with Crippen LogP contribution in [0.25, 0.3) is 0 Å². The van der Waals surface area contributed by atoms with E-state index in [-0.39, 0.29) is 0 Å². The summed E-state index contributed by atoms with van der Waals surface area (Å²) in [6, 6.07) is 7.10. The molecule has 0 aromatic heterocycles. The van der Waals surface area contributed by atoms with Crippen LogP contribution >= 0.6 is 0 Å². The highest BCUT2D eigenvalue weighted by molar-refractivity contribution is 5.83. The molecule has 5 nitrogen and oxygen atoms in total. The number of carbonyl (C=O) groups excluding carboxylic acids is 1. The van der Waals surface area contributed by atoms with Gasteiger partial charge in [-0.05, 0) is 12.0 Å². The molecule has 0 aliphatic rings. The van der Waals surface area contributed by atoms with Crippen molar-refractivity contribution in [1.29, 1.82) is 0 Å². The Morgan fingerprint density at radius 2 is 1.94 bits per heavy atom. The van der Waals surface area contributed by atoms with E-state index in [1.165, 1.54) is 0 Å². The Morgan fingerprint density at radius 1 is 1.29 bits per heavy atom. The van der Waals surface area contributed by atoms with Crippen molar-refractivity contribution >= 4 is 12.0 Å². The number of carbonyl (C=O) groups is 2. The number of benzene rings is 1. The first-order chi connectivity index (χ1) is 8.15. The van der Waals surface area contributed by atoms with Gasteiger partial charge in [0.25, 0.3) is 0 Å². The Hall–Kier alpha value is -2.04. The highest BCUT2D eigenvalue weighted by Crippen LogP contribution is 2.12. The molecule has 0 heterocycles. The number of hydrogen-bond acceptors (Lipinski definition) is 2. The average molecular weight is 236 g/mol. The number of urea groups is 1. The summed E-state index contributed by atoms with van der Waals surface area (Å²) in [5.41, 5.74) is 0.548. The molecule has 92 valence electrons. The molecule has 0 aliphatic heterocycles. The van der Waals surface area contributed by atoms with Crippen LogP contribution in [0.3, 0.4) is 0 Å². The molecule has 0 bridgehead atoms. The molecule has 1 rings (SSSR count). The van der Waals surface area contributed by atoms with Gasteiger partial charge in [0.05, 0.1) is 0 Å². The zero-order valence-corrected chi connectivity index (χ0v) is 9.64. The summed E-state index contributed by atoms with van der Waals surface area (Å²) in [6.45, 7) is 2.44. The first-order valence-corrected chi connectivity index (χ1v) is 5.47. The third kappa shape index (κ3) is 4.14. The molecule has 0 spiro atoms. The van der Waals surface area contributed by atoms with E-state index in [4.69, 9.17) is 5.11 Å². The standard InChI is InChI=1S/C12H16N2O3/c1-2-8-13-12(17)14-10(11(15)16)9-6-4-3-5-7-9/h3-7,10H,2,8H2,1H3,(H,15,16)(H2,13,14,17)/t10-/m1/s1. The Kier molecular flexibility index (Phi) is 5.00. The quantitative estimate of drug-likeness (QED) is 0.725. The molecule has 0 saturated heterocycles. The fourth-order valence-electron chi connectivity index (χ4n) is 1.35. The van der Waals surface area contributed by atoms with E-state index in [0.717, 1.165) is 6.42 Å². The smallest absolute Gasteiger partial charge is 0.330 e. The third-order valence-electron chi connectivity index (χ3n) is 2.19. The van der Waals surface area contributed by atoms with Crippen molar-refractivity contribution in [3.8, 4) is 0 Å². The molecular formula is C12H16N2O3. The monoisotopic (exact) mass is 236 g/mol. The van der Waals surface area contributed by atoms with E-state index in [1.807, 2.05) is 6.92 Å². The molecule has 1 aromatic carbocycles. The molecule has 0 fully saturated rings. The molecule has 1 aromatic rings. The van der Waals surface area contributed by atoms with Crippen molar-refractivity contribution in [3.63, 3.8) is 0 Å². The lowest BCUT2D eigenvalue weighted by Crippen LogP contribution is -2.41. The molecule has 0 unspecified atom stereocenters. The summed E-state index contributed by atoms with van der Waals surface area (Å²) < 4.78 is 0. The lowest BCUT2D eigenvalue weighted by atomic mass is 10.1. The number of amides is 2. The lowest BCUT2D eigenvalue weighted by Gasteiger charge is -2.15. The lowest BCUT2D eigenvalue weighted by molar-refractivity contribution is -0.139. The van der Waals surface area contributed by atoms with Crippen LogP contribution in [0.2, 0.25) is 0 Å². The van der Waals surface area contributed by atoms with Crippen molar-refractivity contribution in [2.75, 3.05) is 6.54 Å². The minimum atomic E-state index is -1.08. The second-order valence-electron chi connectivity index (χ2n) is 3.58. The number of hydrogen-bond donors (Lipinski definition) is 3. The summed E-state index contributed by atoms with van der Waals surface area (Å²) in [5.74, 6) is -1.08. The number of rotatable bonds is 5. The second-order valence-corrected chi connectivity index (χ2v) is 3.58. The van der Waals surface area contributed by atoms with Crippen LogP contribution < -0.4 is 10.6 Å². The molecule has 3 N–H and O–H groups in total. The number of carboxylic acids is 1. The maximum atomic E-state index is 11.4. The van der Waals surface area contributed by atoms with Crippen molar-refractivity contribution in [2.45, 2.75) is 19.4 Å². The van der Waals surface area contributed by atoms with Gasteiger partial charge >= 0.3 is 12.0 Å². The minimum Gasteiger partial charge on any atom is -0.479 e. The normalized spacial score (nSPS) is 11.6. The van der Waals surface area contributed by atoms with Gasteiger partial charge in [-0.15, -0.1) is 0 Å². The van der Waals surface area contributed by atoms with Crippen molar-refractivity contribution in [2.24, 2.45) is 0 Å². The fraction of sp³-hybridized carbons (Fsp3) is 0.333. The van der Waals surface area contributed by atoms with Crippen LogP contribution in [-0.4, -0.2) is 23.7 Å². The van der Waals surface area contributed by atoms with Crippen molar-refractivity contribution < 1.29 is 14.7 Å². The van der Waals surface area contributed by atoms with E-state index in [0.29, 0.717) is 12.1 Å². The molecule has 2 amide bonds. The van der Waals surface area contributed by atoms with Gasteiger partial charge in [0.1, 0.15) is 0 Å². The van der Waals surface area contributed by atoms with Gasteiger partial charge in [-0.1, -0.05) is 37.3 Å². The predicted molar refractivity (Wildman–Crippen MR) is 63.6 cm³/mol. The Balaban J connectivity index is 2.68. The Labute approximate surface area is 99.8 Å². The number of nitrogens with one attached hydrogen (secondary N) is 2. The van der Waals surface area contributed by atoms with Crippen LogP contribution in [0.4, 0.5) is 4.79 Å². The second kappa shape index (κ2) is 6.52. The topological polar surface area (TPSA) is 78.4 Å². The van der Waals surface area contributed by atoms with Crippen LogP contribution in [0.5, 0.6) is 0 Å². The van der Waals surface area contributed by atoms with Gasteiger partial charge in [0, 0.05) is 6.54 Å². The molecule has 0 radical (unpaired) electrons. The summed E-state index contributed by atoms with van der Waals surface area (Å²) in [6.07, 6.45) is 0.802. The highest BCUT2D eigenvalue weighted by Gasteiger charge is 2.21.